The number of likely N-dealkylation sites (N-methyl/N-ethyl adjacent to an activating group) is 1. The molecular weight excluding hydrogens is 418 g/mol. The number of hydrogen-bond acceptors (Lipinski definition) is 5. The van der Waals surface area contributed by atoms with Crippen LogP contribution in [0.2, 0.25) is 0 Å². The van der Waals surface area contributed by atoms with Gasteiger partial charge in [-0.2, -0.15) is 0 Å². The molecule has 0 radical (unpaired) electrons. The number of fused-ring (bicyclic) bond motifs is 1. The summed E-state index contributed by atoms with van der Waals surface area (Å²) in [5.41, 5.74) is 6.12. The van der Waals surface area contributed by atoms with Crippen molar-refractivity contribution in [2.75, 3.05) is 20.1 Å². The zero-order chi connectivity index (χ0) is 24.2. The maximum absolute atomic E-state index is 11.6. The zero-order valence-electron chi connectivity index (χ0n) is 19.7. The van der Waals surface area contributed by atoms with Crippen molar-refractivity contribution in [1.82, 2.24) is 10.2 Å². The second-order valence-corrected chi connectivity index (χ2v) is 8.97. The first-order chi connectivity index (χ1) is 15.8. The molecule has 1 saturated heterocycles. The Labute approximate surface area is 196 Å². The molecule has 1 saturated carbocycles. The summed E-state index contributed by atoms with van der Waals surface area (Å²) in [5, 5.41) is 13.2. The molecule has 2 aliphatic rings. The SMILES string of the molecule is CC1CCCCC1.CN1CC(N)CC1C(=O)O.O=CCNC(=O)c1ccc2ccccc2c1. The fourth-order valence-electron chi connectivity index (χ4n) is 4.20. The van der Waals surface area contributed by atoms with Crippen LogP contribution in [0.4, 0.5) is 0 Å². The highest BCUT2D eigenvalue weighted by Crippen LogP contribution is 2.22. The van der Waals surface area contributed by atoms with Crippen LogP contribution in [-0.4, -0.2) is 60.4 Å². The normalized spacial score (nSPS) is 20.7. The van der Waals surface area contributed by atoms with E-state index in [4.69, 9.17) is 10.8 Å². The van der Waals surface area contributed by atoms with Gasteiger partial charge < -0.3 is 21.0 Å². The van der Waals surface area contributed by atoms with Gasteiger partial charge in [-0.1, -0.05) is 69.4 Å². The smallest absolute Gasteiger partial charge is 0.320 e. The predicted molar refractivity (Wildman–Crippen MR) is 131 cm³/mol. The minimum atomic E-state index is -0.768. The van der Waals surface area contributed by atoms with Crippen LogP contribution in [-0.2, 0) is 9.59 Å². The third kappa shape index (κ3) is 8.94. The van der Waals surface area contributed by atoms with Crippen molar-refractivity contribution in [3.8, 4) is 0 Å². The molecule has 1 aliphatic carbocycles. The van der Waals surface area contributed by atoms with E-state index in [-0.39, 0.29) is 24.5 Å². The van der Waals surface area contributed by atoms with Gasteiger partial charge in [-0.25, -0.2) is 0 Å². The van der Waals surface area contributed by atoms with E-state index in [2.05, 4.69) is 12.2 Å². The second-order valence-electron chi connectivity index (χ2n) is 8.97. The van der Waals surface area contributed by atoms with Gasteiger partial charge in [-0.15, -0.1) is 0 Å². The van der Waals surface area contributed by atoms with Crippen molar-refractivity contribution >= 4 is 28.9 Å². The van der Waals surface area contributed by atoms with Crippen molar-refractivity contribution in [2.24, 2.45) is 11.7 Å². The fraction of sp³-hybridized carbons (Fsp3) is 0.500. The number of carboxylic acids is 1. The second kappa shape index (κ2) is 13.7. The Morgan fingerprint density at radius 3 is 2.27 bits per heavy atom. The van der Waals surface area contributed by atoms with Crippen molar-refractivity contribution in [1.29, 1.82) is 0 Å². The molecule has 1 heterocycles. The summed E-state index contributed by atoms with van der Waals surface area (Å²) < 4.78 is 0. The van der Waals surface area contributed by atoms with Crippen molar-refractivity contribution in [3.63, 3.8) is 0 Å². The minimum Gasteiger partial charge on any atom is -0.480 e. The van der Waals surface area contributed by atoms with Gasteiger partial charge in [0, 0.05) is 18.2 Å². The molecule has 2 aromatic rings. The molecule has 1 aliphatic heterocycles. The van der Waals surface area contributed by atoms with E-state index in [1.807, 2.05) is 36.4 Å². The summed E-state index contributed by atoms with van der Waals surface area (Å²) >= 11 is 0. The number of aldehydes is 1. The van der Waals surface area contributed by atoms with Gasteiger partial charge in [-0.05, 0) is 42.3 Å². The standard InChI is InChI=1S/C13H11NO2.C7H14.C6H12N2O2/c15-8-7-14-13(16)12-6-5-10-3-1-2-4-11(10)9-12;1-7-5-3-2-4-6-7;1-8-3-4(7)2-5(8)6(9)10/h1-6,8-9H,7H2,(H,14,16);7H,2-6H2,1H3;4-5H,2-3,7H2,1H3,(H,9,10). The number of nitrogens with one attached hydrogen (secondary N) is 1. The quantitative estimate of drug-likeness (QED) is 0.609. The molecule has 180 valence electrons. The number of carbonyl (C=O) groups is 3. The van der Waals surface area contributed by atoms with Gasteiger partial charge in [0.1, 0.15) is 12.3 Å². The lowest BCUT2D eigenvalue weighted by atomic mass is 9.91. The third-order valence-corrected chi connectivity index (χ3v) is 6.12. The number of amides is 1. The molecule has 0 spiro atoms. The van der Waals surface area contributed by atoms with Crippen LogP contribution in [0.5, 0.6) is 0 Å². The number of aliphatic carboxylic acids is 1. The van der Waals surface area contributed by atoms with Crippen LogP contribution < -0.4 is 11.1 Å². The average Bonchev–Trinajstić information content (AvgIpc) is 3.16. The van der Waals surface area contributed by atoms with Crippen molar-refractivity contribution in [2.45, 2.75) is 57.5 Å². The summed E-state index contributed by atoms with van der Waals surface area (Å²) in [7, 11) is 1.78. The molecule has 33 heavy (non-hydrogen) atoms. The van der Waals surface area contributed by atoms with E-state index in [1.165, 1.54) is 32.1 Å². The topological polar surface area (TPSA) is 113 Å². The maximum Gasteiger partial charge on any atom is 0.320 e. The molecule has 2 fully saturated rings. The molecule has 0 aromatic heterocycles. The molecule has 1 amide bonds. The Balaban J connectivity index is 0.000000193. The first-order valence-electron chi connectivity index (χ1n) is 11.7. The van der Waals surface area contributed by atoms with Gasteiger partial charge in [0.15, 0.2) is 0 Å². The summed E-state index contributed by atoms with van der Waals surface area (Å²) in [6.07, 6.45) is 8.68. The van der Waals surface area contributed by atoms with E-state index in [0.717, 1.165) is 16.7 Å². The first-order valence-corrected chi connectivity index (χ1v) is 11.7. The molecule has 7 heteroatoms. The Hall–Kier alpha value is -2.77. The summed E-state index contributed by atoms with van der Waals surface area (Å²) in [6, 6.07) is 12.9. The monoisotopic (exact) mass is 455 g/mol. The number of nitrogens with two attached hydrogens (primary N) is 1. The van der Waals surface area contributed by atoms with Crippen molar-refractivity contribution in [3.05, 3.63) is 48.0 Å². The van der Waals surface area contributed by atoms with Crippen LogP contribution in [0.15, 0.2) is 42.5 Å². The molecule has 0 bridgehead atoms. The van der Waals surface area contributed by atoms with Crippen LogP contribution >= 0.6 is 0 Å². The van der Waals surface area contributed by atoms with Crippen molar-refractivity contribution < 1.29 is 19.5 Å². The van der Waals surface area contributed by atoms with Gasteiger partial charge in [0.05, 0.1) is 6.54 Å². The van der Waals surface area contributed by atoms with Gasteiger partial charge in [0.2, 0.25) is 0 Å². The third-order valence-electron chi connectivity index (χ3n) is 6.12. The highest BCUT2D eigenvalue weighted by molar-refractivity contribution is 5.99. The summed E-state index contributed by atoms with van der Waals surface area (Å²) in [6.45, 7) is 3.10. The lowest BCUT2D eigenvalue weighted by Gasteiger charge is -2.15. The Kier molecular flexibility index (Phi) is 11.0. The first kappa shape index (κ1) is 26.5. The summed E-state index contributed by atoms with van der Waals surface area (Å²) in [4.78, 5) is 33.9. The molecule has 7 nitrogen and oxygen atoms in total. The van der Waals surface area contributed by atoms with Crippen LogP contribution in [0.3, 0.4) is 0 Å². The minimum absolute atomic E-state index is 0.0334. The molecule has 4 N–H and O–H groups in total. The zero-order valence-corrected chi connectivity index (χ0v) is 19.7. The van der Waals surface area contributed by atoms with Gasteiger partial charge in [-0.3, -0.25) is 14.5 Å². The molecule has 4 rings (SSSR count). The molecular formula is C26H37N3O4. The Morgan fingerprint density at radius 2 is 1.79 bits per heavy atom. The number of hydrogen-bond donors (Lipinski definition) is 3. The van der Waals surface area contributed by atoms with E-state index >= 15 is 0 Å². The number of rotatable bonds is 4. The Bertz CT molecular complexity index is 911. The number of carbonyl (C=O) groups excluding carboxylic acids is 2. The molecule has 2 atom stereocenters. The van der Waals surface area contributed by atoms with Crippen LogP contribution in [0.25, 0.3) is 10.8 Å². The van der Waals surface area contributed by atoms with Gasteiger partial charge >= 0.3 is 5.97 Å². The van der Waals surface area contributed by atoms with E-state index in [9.17, 15) is 14.4 Å². The maximum atomic E-state index is 11.6. The van der Waals surface area contributed by atoms with Crippen LogP contribution in [0, 0.1) is 5.92 Å². The Morgan fingerprint density at radius 1 is 1.12 bits per heavy atom. The number of nitrogens with zero attached hydrogens (tertiary/aromatic N) is 1. The van der Waals surface area contributed by atoms with E-state index in [0.29, 0.717) is 24.8 Å². The fourth-order valence-corrected chi connectivity index (χ4v) is 4.20. The number of carboxylic acid groups (broad SMARTS) is 1. The highest BCUT2D eigenvalue weighted by Gasteiger charge is 2.32. The number of benzene rings is 2. The summed E-state index contributed by atoms with van der Waals surface area (Å²) in [5.74, 6) is 0.0436. The van der Waals surface area contributed by atoms with Gasteiger partial charge in [0.25, 0.3) is 5.91 Å². The lowest BCUT2D eigenvalue weighted by Crippen LogP contribution is -2.32. The van der Waals surface area contributed by atoms with Crippen LogP contribution in [0.1, 0.15) is 55.8 Å². The highest BCUT2D eigenvalue weighted by atomic mass is 16.4. The number of likely N-dealkylation sites (tertiary alicyclic amines) is 1. The predicted octanol–water partition coefficient (Wildman–Crippen LogP) is 3.46. The lowest BCUT2D eigenvalue weighted by molar-refractivity contribution is -0.141. The van der Waals surface area contributed by atoms with E-state index < -0.39 is 5.97 Å². The molecule has 2 unspecified atom stereocenters. The molecule has 2 aromatic carbocycles. The average molecular weight is 456 g/mol. The largest absolute Gasteiger partial charge is 0.480 e. The van der Waals surface area contributed by atoms with E-state index in [1.54, 1.807) is 18.0 Å².